The van der Waals surface area contributed by atoms with E-state index in [-0.39, 0.29) is 6.10 Å². The minimum Gasteiger partial charge on any atom is -0.393 e. The number of thioether (sulfide) groups is 1. The average Bonchev–Trinajstić information content (AvgIpc) is 2.40. The topological polar surface area (TPSA) is 23.5 Å². The van der Waals surface area contributed by atoms with Crippen molar-refractivity contribution in [1.82, 2.24) is 4.90 Å². The summed E-state index contributed by atoms with van der Waals surface area (Å²) in [5.74, 6) is 1.22. The van der Waals surface area contributed by atoms with E-state index < -0.39 is 0 Å². The Morgan fingerprint density at radius 3 is 2.87 bits per heavy atom. The number of aliphatic hydroxyl groups excluding tert-OH is 1. The predicted octanol–water partition coefficient (Wildman–Crippen LogP) is 2.36. The standard InChI is InChI=1S/C12H25NOS/c1-11(14)10-12-6-4-3-5-7-13(12)8-9-15-2/h11-12,14H,3-10H2,1-2H3. The van der Waals surface area contributed by atoms with Crippen LogP contribution >= 0.6 is 11.8 Å². The maximum absolute atomic E-state index is 9.51. The molecule has 15 heavy (non-hydrogen) atoms. The van der Waals surface area contributed by atoms with Crippen LogP contribution in [0.5, 0.6) is 0 Å². The van der Waals surface area contributed by atoms with Gasteiger partial charge in [-0.05, 0) is 39.0 Å². The Balaban J connectivity index is 2.43. The highest BCUT2D eigenvalue weighted by Crippen LogP contribution is 2.20. The summed E-state index contributed by atoms with van der Waals surface area (Å²) < 4.78 is 0. The van der Waals surface area contributed by atoms with Crippen molar-refractivity contribution in [2.45, 2.75) is 51.2 Å². The molecule has 1 aliphatic rings. The van der Waals surface area contributed by atoms with Crippen molar-refractivity contribution in [2.24, 2.45) is 0 Å². The van der Waals surface area contributed by atoms with Gasteiger partial charge < -0.3 is 5.11 Å². The van der Waals surface area contributed by atoms with Gasteiger partial charge in [-0.3, -0.25) is 4.90 Å². The normalized spacial score (nSPS) is 26.2. The van der Waals surface area contributed by atoms with Gasteiger partial charge in [0.05, 0.1) is 6.10 Å². The van der Waals surface area contributed by atoms with Gasteiger partial charge >= 0.3 is 0 Å². The van der Waals surface area contributed by atoms with Crippen molar-refractivity contribution >= 4 is 11.8 Å². The van der Waals surface area contributed by atoms with Crippen LogP contribution in [-0.2, 0) is 0 Å². The fraction of sp³-hybridized carbons (Fsp3) is 1.00. The van der Waals surface area contributed by atoms with Crippen molar-refractivity contribution in [3.8, 4) is 0 Å². The minimum atomic E-state index is -0.148. The lowest BCUT2D eigenvalue weighted by molar-refractivity contribution is 0.116. The maximum atomic E-state index is 9.51. The molecule has 0 spiro atoms. The van der Waals surface area contributed by atoms with Gasteiger partial charge in [-0.2, -0.15) is 11.8 Å². The molecule has 1 N–H and O–H groups in total. The molecule has 90 valence electrons. The Labute approximate surface area is 98.4 Å². The van der Waals surface area contributed by atoms with Gasteiger partial charge in [-0.15, -0.1) is 0 Å². The van der Waals surface area contributed by atoms with Crippen LogP contribution in [0, 0.1) is 0 Å². The minimum absolute atomic E-state index is 0.148. The highest BCUT2D eigenvalue weighted by Gasteiger charge is 2.21. The molecule has 1 rings (SSSR count). The van der Waals surface area contributed by atoms with E-state index in [1.165, 1.54) is 44.5 Å². The van der Waals surface area contributed by atoms with Gasteiger partial charge in [0.2, 0.25) is 0 Å². The second-order valence-electron chi connectivity index (χ2n) is 4.62. The summed E-state index contributed by atoms with van der Waals surface area (Å²) in [6.07, 6.45) is 8.30. The molecule has 0 aromatic rings. The Hall–Kier alpha value is 0.270. The van der Waals surface area contributed by atoms with Crippen LogP contribution in [0.4, 0.5) is 0 Å². The monoisotopic (exact) mass is 231 g/mol. The lowest BCUT2D eigenvalue weighted by Gasteiger charge is -2.30. The molecule has 0 bridgehead atoms. The summed E-state index contributed by atoms with van der Waals surface area (Å²) in [5.41, 5.74) is 0. The van der Waals surface area contributed by atoms with Gasteiger partial charge in [0.1, 0.15) is 0 Å². The van der Waals surface area contributed by atoms with Crippen LogP contribution in [0.2, 0.25) is 0 Å². The summed E-state index contributed by atoms with van der Waals surface area (Å²) in [6, 6.07) is 0.625. The van der Waals surface area contributed by atoms with Crippen LogP contribution in [0.1, 0.15) is 39.0 Å². The smallest absolute Gasteiger partial charge is 0.0527 e. The van der Waals surface area contributed by atoms with E-state index in [0.717, 1.165) is 6.42 Å². The van der Waals surface area contributed by atoms with E-state index in [9.17, 15) is 5.11 Å². The number of likely N-dealkylation sites (tertiary alicyclic amines) is 1. The molecule has 3 heteroatoms. The molecule has 2 unspecified atom stereocenters. The molecule has 0 amide bonds. The van der Waals surface area contributed by atoms with Crippen LogP contribution < -0.4 is 0 Å². The van der Waals surface area contributed by atoms with Gasteiger partial charge in [0, 0.05) is 18.3 Å². The summed E-state index contributed by atoms with van der Waals surface area (Å²) in [5, 5.41) is 9.51. The number of nitrogens with zero attached hydrogens (tertiary/aromatic N) is 1. The summed E-state index contributed by atoms with van der Waals surface area (Å²) >= 11 is 1.92. The zero-order chi connectivity index (χ0) is 11.1. The maximum Gasteiger partial charge on any atom is 0.0527 e. The zero-order valence-corrected chi connectivity index (χ0v) is 10.9. The SMILES string of the molecule is CSCCN1CCCCCC1CC(C)O. The molecule has 1 aliphatic heterocycles. The van der Waals surface area contributed by atoms with E-state index in [1.54, 1.807) is 0 Å². The molecule has 0 saturated carbocycles. The first kappa shape index (κ1) is 13.3. The number of aliphatic hydroxyl groups is 1. The molecule has 1 fully saturated rings. The third-order valence-corrected chi connectivity index (χ3v) is 3.79. The molecule has 1 saturated heterocycles. The molecule has 2 nitrogen and oxygen atoms in total. The summed E-state index contributed by atoms with van der Waals surface area (Å²) in [6.45, 7) is 4.34. The van der Waals surface area contributed by atoms with Crippen molar-refractivity contribution in [1.29, 1.82) is 0 Å². The number of hydrogen-bond acceptors (Lipinski definition) is 3. The lowest BCUT2D eigenvalue weighted by atomic mass is 10.0. The first-order valence-electron chi connectivity index (χ1n) is 6.15. The van der Waals surface area contributed by atoms with Crippen molar-refractivity contribution in [3.63, 3.8) is 0 Å². The molecule has 0 aromatic carbocycles. The second-order valence-corrected chi connectivity index (χ2v) is 5.60. The van der Waals surface area contributed by atoms with Crippen LogP contribution in [0.3, 0.4) is 0 Å². The molecule has 0 aromatic heterocycles. The van der Waals surface area contributed by atoms with Crippen molar-refractivity contribution < 1.29 is 5.11 Å². The lowest BCUT2D eigenvalue weighted by Crippen LogP contribution is -2.38. The van der Waals surface area contributed by atoms with Crippen molar-refractivity contribution in [3.05, 3.63) is 0 Å². The zero-order valence-electron chi connectivity index (χ0n) is 10.1. The fourth-order valence-electron chi connectivity index (χ4n) is 2.40. The Kier molecular flexibility index (Phi) is 6.69. The Morgan fingerprint density at radius 1 is 1.40 bits per heavy atom. The highest BCUT2D eigenvalue weighted by molar-refractivity contribution is 7.98. The first-order valence-corrected chi connectivity index (χ1v) is 7.54. The summed E-state index contributed by atoms with van der Waals surface area (Å²) in [4.78, 5) is 2.59. The third-order valence-electron chi connectivity index (χ3n) is 3.19. The average molecular weight is 231 g/mol. The van der Waals surface area contributed by atoms with E-state index in [1.807, 2.05) is 18.7 Å². The third kappa shape index (κ3) is 5.23. The van der Waals surface area contributed by atoms with Gasteiger partial charge in [0.25, 0.3) is 0 Å². The second kappa shape index (κ2) is 7.53. The van der Waals surface area contributed by atoms with Gasteiger partial charge in [-0.1, -0.05) is 12.8 Å². The predicted molar refractivity (Wildman–Crippen MR) is 68.5 cm³/mol. The highest BCUT2D eigenvalue weighted by atomic mass is 32.2. The van der Waals surface area contributed by atoms with E-state index in [2.05, 4.69) is 11.2 Å². The van der Waals surface area contributed by atoms with Crippen LogP contribution in [0.25, 0.3) is 0 Å². The number of rotatable bonds is 5. The molecule has 0 radical (unpaired) electrons. The molecule has 2 atom stereocenters. The summed E-state index contributed by atoms with van der Waals surface area (Å²) in [7, 11) is 0. The molecular formula is C12H25NOS. The van der Waals surface area contributed by atoms with Gasteiger partial charge in [-0.25, -0.2) is 0 Å². The Morgan fingerprint density at radius 2 is 2.20 bits per heavy atom. The van der Waals surface area contributed by atoms with Crippen molar-refractivity contribution in [2.75, 3.05) is 25.1 Å². The quantitative estimate of drug-likeness (QED) is 0.786. The van der Waals surface area contributed by atoms with E-state index >= 15 is 0 Å². The molecule has 0 aliphatic carbocycles. The van der Waals surface area contributed by atoms with Crippen LogP contribution in [-0.4, -0.2) is 47.3 Å². The largest absolute Gasteiger partial charge is 0.393 e. The molecular weight excluding hydrogens is 206 g/mol. The Bertz CT molecular complexity index is 164. The van der Waals surface area contributed by atoms with Crippen LogP contribution in [0.15, 0.2) is 0 Å². The number of hydrogen-bond donors (Lipinski definition) is 1. The van der Waals surface area contributed by atoms with E-state index in [4.69, 9.17) is 0 Å². The van der Waals surface area contributed by atoms with Gasteiger partial charge in [0.15, 0.2) is 0 Å². The first-order chi connectivity index (χ1) is 7.24. The van der Waals surface area contributed by atoms with E-state index in [0.29, 0.717) is 6.04 Å². The fourth-order valence-corrected chi connectivity index (χ4v) is 2.82. The molecule has 1 heterocycles.